The number of halogens is 1. The molecule has 1 aromatic heterocycles. The Kier molecular flexibility index (Phi) is 7.67. The summed E-state index contributed by atoms with van der Waals surface area (Å²) < 4.78 is 2.55. The number of nitrogens with one attached hydrogen (secondary N) is 2. The number of benzene rings is 2. The van der Waals surface area contributed by atoms with E-state index in [4.69, 9.17) is 0 Å². The lowest BCUT2D eigenvalue weighted by Crippen LogP contribution is -2.61. The van der Waals surface area contributed by atoms with Gasteiger partial charge in [-0.15, -0.1) is 0 Å². The van der Waals surface area contributed by atoms with Crippen molar-refractivity contribution in [1.29, 1.82) is 0 Å². The molecule has 1 fully saturated rings. The van der Waals surface area contributed by atoms with Crippen LogP contribution in [0.2, 0.25) is 0 Å². The molecule has 0 radical (unpaired) electrons. The largest absolute Gasteiger partial charge is 0.394 e. The molecule has 0 unspecified atom stereocenters. The quantitative estimate of drug-likeness (QED) is 0.363. The van der Waals surface area contributed by atoms with E-state index in [1.54, 1.807) is 15.7 Å². The first kappa shape index (κ1) is 24.7. The molecule has 1 aliphatic heterocycles. The Morgan fingerprint density at radius 2 is 1.91 bits per heavy atom. The number of carbonyl (C=O) groups is 3. The fourth-order valence-electron chi connectivity index (χ4n) is 4.21. The van der Waals surface area contributed by atoms with Crippen LogP contribution in [0.5, 0.6) is 0 Å². The zero-order valence-corrected chi connectivity index (χ0v) is 20.7. The highest BCUT2D eigenvalue weighted by molar-refractivity contribution is 9.10. The van der Waals surface area contributed by atoms with E-state index in [0.717, 1.165) is 15.6 Å². The molecule has 1 saturated heterocycles. The molecule has 0 spiro atoms. The van der Waals surface area contributed by atoms with Crippen LogP contribution in [0.4, 0.5) is 0 Å². The van der Waals surface area contributed by atoms with Crippen LogP contribution in [0, 0.1) is 0 Å². The van der Waals surface area contributed by atoms with Crippen molar-refractivity contribution in [2.45, 2.75) is 25.0 Å². The normalized spacial score (nSPS) is 14.3. The Labute approximate surface area is 211 Å². The van der Waals surface area contributed by atoms with E-state index in [0.29, 0.717) is 30.5 Å². The summed E-state index contributed by atoms with van der Waals surface area (Å²) in [5.74, 6) is -0.675. The van der Waals surface area contributed by atoms with Gasteiger partial charge in [0.1, 0.15) is 6.54 Å². The standard InChI is InChI=1S/C26H27BrN4O4/c1-2-25(34)31-12-20(13-31)28-24(33)15-30-14-22(21-11-18(27)8-9-23(21)30)26(35)29-19(16-32)10-17-6-4-3-5-7-17/h2-9,11,14,19-20,32H,1,10,12-13,15-16H2,(H,28,33)(H,29,35)/t19-/m1/s1. The van der Waals surface area contributed by atoms with Gasteiger partial charge >= 0.3 is 0 Å². The van der Waals surface area contributed by atoms with E-state index in [2.05, 4.69) is 33.1 Å². The van der Waals surface area contributed by atoms with E-state index >= 15 is 0 Å². The summed E-state index contributed by atoms with van der Waals surface area (Å²) in [6.45, 7) is 4.21. The average molecular weight is 539 g/mol. The first-order valence-corrected chi connectivity index (χ1v) is 12.1. The predicted molar refractivity (Wildman–Crippen MR) is 137 cm³/mol. The molecule has 1 aliphatic rings. The molecule has 2 heterocycles. The lowest BCUT2D eigenvalue weighted by Gasteiger charge is -2.38. The lowest BCUT2D eigenvalue weighted by molar-refractivity contribution is -0.133. The van der Waals surface area contributed by atoms with E-state index in [-0.39, 0.29) is 36.9 Å². The zero-order valence-electron chi connectivity index (χ0n) is 19.1. The van der Waals surface area contributed by atoms with Gasteiger partial charge in [0.2, 0.25) is 11.8 Å². The van der Waals surface area contributed by atoms with Crippen LogP contribution in [-0.2, 0) is 22.6 Å². The van der Waals surface area contributed by atoms with E-state index in [1.807, 2.05) is 48.5 Å². The van der Waals surface area contributed by atoms with Gasteiger partial charge in [-0.1, -0.05) is 52.8 Å². The highest BCUT2D eigenvalue weighted by atomic mass is 79.9. The number of likely N-dealkylation sites (tertiary alicyclic amines) is 1. The lowest BCUT2D eigenvalue weighted by atomic mass is 10.1. The molecule has 9 heteroatoms. The SMILES string of the molecule is C=CC(=O)N1CC(NC(=O)Cn2cc(C(=O)N[C@@H](CO)Cc3ccccc3)c3cc(Br)ccc32)C1. The molecule has 182 valence electrons. The minimum Gasteiger partial charge on any atom is -0.394 e. The first-order valence-electron chi connectivity index (χ1n) is 11.3. The minimum absolute atomic E-state index is 0.0325. The predicted octanol–water partition coefficient (Wildman–Crippen LogP) is 2.25. The number of carbonyl (C=O) groups excluding carboxylic acids is 3. The molecule has 1 atom stereocenters. The summed E-state index contributed by atoms with van der Waals surface area (Å²) in [7, 11) is 0. The first-order chi connectivity index (χ1) is 16.9. The summed E-state index contributed by atoms with van der Waals surface area (Å²) in [5.41, 5.74) is 2.18. The molecule has 0 saturated carbocycles. The number of aliphatic hydroxyl groups excluding tert-OH is 1. The summed E-state index contributed by atoms with van der Waals surface area (Å²) in [6, 6.07) is 14.7. The summed E-state index contributed by atoms with van der Waals surface area (Å²) >= 11 is 3.46. The molecule has 0 bridgehead atoms. The number of aliphatic hydroxyl groups is 1. The Morgan fingerprint density at radius 1 is 1.17 bits per heavy atom. The average Bonchev–Trinajstić information content (AvgIpc) is 3.18. The van der Waals surface area contributed by atoms with E-state index in [9.17, 15) is 19.5 Å². The van der Waals surface area contributed by atoms with Gasteiger partial charge in [-0.05, 0) is 36.3 Å². The molecule has 0 aliphatic carbocycles. The number of hydrogen-bond donors (Lipinski definition) is 3. The minimum atomic E-state index is -0.446. The summed E-state index contributed by atoms with van der Waals surface area (Å²) in [4.78, 5) is 39.1. The Balaban J connectivity index is 1.47. The topological polar surface area (TPSA) is 104 Å². The maximum atomic E-state index is 13.2. The molecule has 3 amide bonds. The summed E-state index contributed by atoms with van der Waals surface area (Å²) in [6.07, 6.45) is 3.42. The summed E-state index contributed by atoms with van der Waals surface area (Å²) in [5, 5.41) is 16.4. The second kappa shape index (κ2) is 10.9. The second-order valence-corrected chi connectivity index (χ2v) is 9.50. The second-order valence-electron chi connectivity index (χ2n) is 8.59. The van der Waals surface area contributed by atoms with Crippen molar-refractivity contribution >= 4 is 44.6 Å². The maximum Gasteiger partial charge on any atom is 0.253 e. The van der Waals surface area contributed by atoms with Gasteiger partial charge < -0.3 is 25.2 Å². The van der Waals surface area contributed by atoms with Crippen LogP contribution in [0.15, 0.2) is 71.9 Å². The molecule has 3 aromatic rings. The molecule has 4 rings (SSSR count). The van der Waals surface area contributed by atoms with E-state index in [1.165, 1.54) is 6.08 Å². The number of aromatic nitrogens is 1. The maximum absolute atomic E-state index is 13.2. The molecule has 8 nitrogen and oxygen atoms in total. The molecular weight excluding hydrogens is 512 g/mol. The van der Waals surface area contributed by atoms with Crippen molar-refractivity contribution in [1.82, 2.24) is 20.1 Å². The van der Waals surface area contributed by atoms with Crippen molar-refractivity contribution in [2.24, 2.45) is 0 Å². The molecule has 35 heavy (non-hydrogen) atoms. The number of hydrogen-bond acceptors (Lipinski definition) is 4. The third-order valence-corrected chi connectivity index (χ3v) is 6.51. The van der Waals surface area contributed by atoms with E-state index < -0.39 is 6.04 Å². The van der Waals surface area contributed by atoms with Gasteiger partial charge in [-0.2, -0.15) is 0 Å². The highest BCUT2D eigenvalue weighted by Gasteiger charge is 2.30. The Morgan fingerprint density at radius 3 is 2.60 bits per heavy atom. The van der Waals surface area contributed by atoms with Gasteiger partial charge in [0.25, 0.3) is 5.91 Å². The number of amides is 3. The zero-order chi connectivity index (χ0) is 24.9. The van der Waals surface area contributed by atoms with Crippen LogP contribution in [0.1, 0.15) is 15.9 Å². The molecule has 2 aromatic carbocycles. The monoisotopic (exact) mass is 538 g/mol. The Bertz CT molecular complexity index is 1250. The number of nitrogens with zero attached hydrogens (tertiary/aromatic N) is 2. The van der Waals surface area contributed by atoms with Crippen LogP contribution >= 0.6 is 15.9 Å². The van der Waals surface area contributed by atoms with Gasteiger partial charge in [-0.25, -0.2) is 0 Å². The van der Waals surface area contributed by atoms with Crippen molar-refractivity contribution in [3.8, 4) is 0 Å². The van der Waals surface area contributed by atoms with Crippen LogP contribution < -0.4 is 10.6 Å². The van der Waals surface area contributed by atoms with Crippen molar-refractivity contribution < 1.29 is 19.5 Å². The van der Waals surface area contributed by atoms with Crippen molar-refractivity contribution in [3.63, 3.8) is 0 Å². The third kappa shape index (κ3) is 5.80. The highest BCUT2D eigenvalue weighted by Crippen LogP contribution is 2.26. The number of rotatable bonds is 9. The fourth-order valence-corrected chi connectivity index (χ4v) is 4.57. The number of fused-ring (bicyclic) bond motifs is 1. The van der Waals surface area contributed by atoms with Crippen molar-refractivity contribution in [2.75, 3.05) is 19.7 Å². The third-order valence-electron chi connectivity index (χ3n) is 6.02. The molecular formula is C26H27BrN4O4. The fraction of sp³-hybridized carbons (Fsp3) is 0.269. The Hall–Kier alpha value is -3.43. The smallest absolute Gasteiger partial charge is 0.253 e. The van der Waals surface area contributed by atoms with Gasteiger partial charge in [0.05, 0.1) is 24.3 Å². The van der Waals surface area contributed by atoms with Crippen LogP contribution in [-0.4, -0.2) is 64.1 Å². The van der Waals surface area contributed by atoms with Crippen LogP contribution in [0.3, 0.4) is 0 Å². The molecule has 3 N–H and O–H groups in total. The van der Waals surface area contributed by atoms with Gasteiger partial charge in [-0.3, -0.25) is 14.4 Å². The van der Waals surface area contributed by atoms with Gasteiger partial charge in [0, 0.05) is 34.7 Å². The van der Waals surface area contributed by atoms with Crippen molar-refractivity contribution in [3.05, 3.63) is 83.0 Å². The van der Waals surface area contributed by atoms with Crippen LogP contribution in [0.25, 0.3) is 10.9 Å². The van der Waals surface area contributed by atoms with Gasteiger partial charge in [0.15, 0.2) is 0 Å².